The summed E-state index contributed by atoms with van der Waals surface area (Å²) < 4.78 is 12.5. The highest BCUT2D eigenvalue weighted by Gasteiger charge is 1.88. The minimum absolute atomic E-state index is 0.272. The molecular formula is C9H6ClF. The molecule has 0 saturated carbocycles. The molecule has 0 amide bonds. The molecule has 1 aromatic rings. The molecule has 0 aliphatic carbocycles. The van der Waals surface area contributed by atoms with Crippen molar-refractivity contribution in [2.24, 2.45) is 0 Å². The van der Waals surface area contributed by atoms with E-state index in [0.29, 0.717) is 5.56 Å². The minimum Gasteiger partial charge on any atom is -0.207 e. The second-order valence-electron chi connectivity index (χ2n) is 1.95. The summed E-state index contributed by atoms with van der Waals surface area (Å²) in [5, 5.41) is 0. The summed E-state index contributed by atoms with van der Waals surface area (Å²) in [4.78, 5) is 0. The van der Waals surface area contributed by atoms with Crippen molar-refractivity contribution < 1.29 is 4.39 Å². The molecule has 0 radical (unpaired) electrons. The Hall–Kier alpha value is -1.00. The van der Waals surface area contributed by atoms with Crippen LogP contribution in [0, 0.1) is 17.7 Å². The fourth-order valence-electron chi connectivity index (χ4n) is 0.702. The van der Waals surface area contributed by atoms with Gasteiger partial charge in [-0.15, -0.1) is 11.6 Å². The quantitative estimate of drug-likeness (QED) is 0.412. The summed E-state index contributed by atoms with van der Waals surface area (Å²) in [6, 6.07) is 6.11. The van der Waals surface area contributed by atoms with Crippen LogP contribution in [0.25, 0.3) is 0 Å². The van der Waals surface area contributed by atoms with Crippen molar-refractivity contribution in [2.75, 3.05) is 5.88 Å². The van der Waals surface area contributed by atoms with E-state index in [0.717, 1.165) is 0 Å². The van der Waals surface area contributed by atoms with E-state index in [4.69, 9.17) is 11.6 Å². The van der Waals surface area contributed by atoms with Gasteiger partial charge in [0.15, 0.2) is 0 Å². The molecule has 11 heavy (non-hydrogen) atoms. The van der Waals surface area contributed by atoms with Gasteiger partial charge in [0.05, 0.1) is 5.88 Å². The first-order valence-electron chi connectivity index (χ1n) is 3.13. The highest BCUT2D eigenvalue weighted by Crippen LogP contribution is 2.00. The van der Waals surface area contributed by atoms with Crippen LogP contribution in [-0.2, 0) is 0 Å². The molecule has 1 aromatic carbocycles. The summed E-state index contributed by atoms with van der Waals surface area (Å²) in [5.41, 5.74) is 0.658. The van der Waals surface area contributed by atoms with Crippen LogP contribution in [-0.4, -0.2) is 5.88 Å². The second kappa shape index (κ2) is 4.00. The van der Waals surface area contributed by atoms with Crippen LogP contribution < -0.4 is 0 Å². The predicted octanol–water partition coefficient (Wildman–Crippen LogP) is 2.42. The zero-order chi connectivity index (χ0) is 8.10. The van der Waals surface area contributed by atoms with E-state index in [1.807, 2.05) is 0 Å². The van der Waals surface area contributed by atoms with Crippen molar-refractivity contribution in [3.8, 4) is 11.8 Å². The molecule has 0 unspecified atom stereocenters. The molecular weight excluding hydrogens is 163 g/mol. The minimum atomic E-state index is -0.272. The van der Waals surface area contributed by atoms with Crippen LogP contribution in [0.1, 0.15) is 5.56 Å². The molecule has 0 fully saturated rings. The lowest BCUT2D eigenvalue weighted by Crippen LogP contribution is -1.76. The summed E-state index contributed by atoms with van der Waals surface area (Å²) in [7, 11) is 0. The van der Waals surface area contributed by atoms with E-state index < -0.39 is 0 Å². The van der Waals surface area contributed by atoms with Crippen LogP contribution in [0.2, 0.25) is 0 Å². The molecule has 56 valence electrons. The number of benzene rings is 1. The Labute approximate surface area is 70.0 Å². The zero-order valence-corrected chi connectivity index (χ0v) is 6.53. The zero-order valence-electron chi connectivity index (χ0n) is 5.77. The predicted molar refractivity (Wildman–Crippen MR) is 44.0 cm³/mol. The maximum absolute atomic E-state index is 12.5. The van der Waals surface area contributed by atoms with Gasteiger partial charge in [-0.2, -0.15) is 0 Å². The lowest BCUT2D eigenvalue weighted by Gasteiger charge is -1.88. The van der Waals surface area contributed by atoms with E-state index in [1.165, 1.54) is 12.1 Å². The molecule has 0 atom stereocenters. The van der Waals surface area contributed by atoms with Crippen LogP contribution >= 0.6 is 11.6 Å². The third-order valence-corrected chi connectivity index (χ3v) is 1.26. The molecule has 0 aliphatic heterocycles. The van der Waals surface area contributed by atoms with Crippen LogP contribution in [0.4, 0.5) is 4.39 Å². The number of rotatable bonds is 0. The Morgan fingerprint density at radius 2 is 2.27 bits per heavy atom. The first-order valence-corrected chi connectivity index (χ1v) is 3.67. The number of halogens is 2. The molecule has 0 nitrogen and oxygen atoms in total. The van der Waals surface area contributed by atoms with E-state index in [2.05, 4.69) is 11.8 Å². The van der Waals surface area contributed by atoms with Gasteiger partial charge in [-0.3, -0.25) is 0 Å². The molecule has 0 spiro atoms. The van der Waals surface area contributed by atoms with Crippen LogP contribution in [0.15, 0.2) is 24.3 Å². The van der Waals surface area contributed by atoms with Crippen molar-refractivity contribution in [1.82, 2.24) is 0 Å². The van der Waals surface area contributed by atoms with E-state index in [1.54, 1.807) is 12.1 Å². The highest BCUT2D eigenvalue weighted by molar-refractivity contribution is 6.19. The van der Waals surface area contributed by atoms with Crippen molar-refractivity contribution in [3.63, 3.8) is 0 Å². The summed E-state index contributed by atoms with van der Waals surface area (Å²) >= 11 is 5.32. The van der Waals surface area contributed by atoms with E-state index in [-0.39, 0.29) is 11.7 Å². The molecule has 0 heterocycles. The summed E-state index contributed by atoms with van der Waals surface area (Å²) in [6.45, 7) is 0. The fraction of sp³-hybridized carbons (Fsp3) is 0.111. The van der Waals surface area contributed by atoms with Gasteiger partial charge in [0.1, 0.15) is 5.82 Å². The van der Waals surface area contributed by atoms with Crippen molar-refractivity contribution in [1.29, 1.82) is 0 Å². The van der Waals surface area contributed by atoms with E-state index in [9.17, 15) is 4.39 Å². The second-order valence-corrected chi connectivity index (χ2v) is 2.21. The standard InChI is InChI=1S/C9H6ClF/c10-6-2-4-8-3-1-5-9(11)7-8/h1,3,5,7H,6H2. The third kappa shape index (κ3) is 2.61. The fourth-order valence-corrected chi connectivity index (χ4v) is 0.769. The van der Waals surface area contributed by atoms with Crippen molar-refractivity contribution >= 4 is 11.6 Å². The van der Waals surface area contributed by atoms with Gasteiger partial charge >= 0.3 is 0 Å². The average Bonchev–Trinajstić information content (AvgIpc) is 2.01. The third-order valence-electron chi connectivity index (χ3n) is 1.12. The Morgan fingerprint density at radius 3 is 2.91 bits per heavy atom. The Bertz CT molecular complexity index is 296. The van der Waals surface area contributed by atoms with Gasteiger partial charge in [-0.05, 0) is 18.2 Å². The van der Waals surface area contributed by atoms with Crippen LogP contribution in [0.3, 0.4) is 0 Å². The normalized spacial score (nSPS) is 8.55. The Balaban J connectivity index is 2.87. The monoisotopic (exact) mass is 168 g/mol. The summed E-state index contributed by atoms with van der Waals surface area (Å²) in [6.07, 6.45) is 0. The number of alkyl halides is 1. The molecule has 2 heteroatoms. The van der Waals surface area contributed by atoms with E-state index >= 15 is 0 Å². The highest BCUT2D eigenvalue weighted by atomic mass is 35.5. The maximum atomic E-state index is 12.5. The number of hydrogen-bond acceptors (Lipinski definition) is 0. The first kappa shape index (κ1) is 8.10. The molecule has 0 N–H and O–H groups in total. The SMILES string of the molecule is Fc1cccc(C#CCCl)c1. The van der Waals surface area contributed by atoms with Gasteiger partial charge in [0.2, 0.25) is 0 Å². The van der Waals surface area contributed by atoms with Crippen molar-refractivity contribution in [2.45, 2.75) is 0 Å². The molecule has 0 bridgehead atoms. The molecule has 0 aliphatic rings. The average molecular weight is 169 g/mol. The van der Waals surface area contributed by atoms with Crippen LogP contribution in [0.5, 0.6) is 0 Å². The molecule has 0 saturated heterocycles. The van der Waals surface area contributed by atoms with Gasteiger partial charge in [0, 0.05) is 5.56 Å². The maximum Gasteiger partial charge on any atom is 0.124 e. The first-order chi connectivity index (χ1) is 5.33. The molecule has 0 aromatic heterocycles. The lowest BCUT2D eigenvalue weighted by molar-refractivity contribution is 0.627. The van der Waals surface area contributed by atoms with Gasteiger partial charge in [-0.1, -0.05) is 17.9 Å². The lowest BCUT2D eigenvalue weighted by atomic mass is 10.2. The van der Waals surface area contributed by atoms with Gasteiger partial charge in [0.25, 0.3) is 0 Å². The molecule has 1 rings (SSSR count). The Morgan fingerprint density at radius 1 is 1.45 bits per heavy atom. The number of hydrogen-bond donors (Lipinski definition) is 0. The van der Waals surface area contributed by atoms with Gasteiger partial charge in [-0.25, -0.2) is 4.39 Å². The topological polar surface area (TPSA) is 0 Å². The van der Waals surface area contributed by atoms with Crippen molar-refractivity contribution in [3.05, 3.63) is 35.6 Å². The smallest absolute Gasteiger partial charge is 0.124 e. The van der Waals surface area contributed by atoms with Gasteiger partial charge < -0.3 is 0 Å². The largest absolute Gasteiger partial charge is 0.207 e. The summed E-state index contributed by atoms with van der Waals surface area (Å²) in [5.74, 6) is 5.36. The Kier molecular flexibility index (Phi) is 2.95.